The topological polar surface area (TPSA) is 81.7 Å². The van der Waals surface area contributed by atoms with E-state index in [2.05, 4.69) is 5.32 Å². The lowest BCUT2D eigenvalue weighted by Crippen LogP contribution is -2.35. The van der Waals surface area contributed by atoms with Gasteiger partial charge in [-0.3, -0.25) is 4.79 Å². The highest BCUT2D eigenvalue weighted by Gasteiger charge is 2.28. The first-order valence-corrected chi connectivity index (χ1v) is 9.33. The Morgan fingerprint density at radius 3 is 2.68 bits per heavy atom. The van der Waals surface area contributed by atoms with E-state index in [1.54, 1.807) is 12.1 Å². The molecule has 0 radical (unpaired) electrons. The van der Waals surface area contributed by atoms with Crippen molar-refractivity contribution in [2.45, 2.75) is 38.8 Å². The summed E-state index contributed by atoms with van der Waals surface area (Å²) in [6.07, 6.45) is 0.873. The maximum Gasteiger partial charge on any atom is 0.339 e. The Morgan fingerprint density at radius 1 is 1.21 bits per heavy atom. The van der Waals surface area contributed by atoms with Gasteiger partial charge in [0.1, 0.15) is 6.10 Å². The predicted octanol–water partition coefficient (Wildman–Crippen LogP) is 3.21. The Morgan fingerprint density at radius 2 is 1.96 bits per heavy atom. The summed E-state index contributed by atoms with van der Waals surface area (Å²) in [7, 11) is 0. The quantitative estimate of drug-likeness (QED) is 0.777. The molecule has 0 aliphatic carbocycles. The highest BCUT2D eigenvalue weighted by atomic mass is 16.5. The van der Waals surface area contributed by atoms with Gasteiger partial charge in [0, 0.05) is 12.5 Å². The van der Waals surface area contributed by atoms with Crippen LogP contribution in [0.4, 0.5) is 0 Å². The van der Waals surface area contributed by atoms with Crippen molar-refractivity contribution < 1.29 is 23.9 Å². The molecule has 0 saturated heterocycles. The number of esters is 2. The molecule has 1 aliphatic rings. The third-order valence-corrected chi connectivity index (χ3v) is 4.74. The van der Waals surface area contributed by atoms with Crippen LogP contribution in [0.2, 0.25) is 0 Å². The van der Waals surface area contributed by atoms with Crippen molar-refractivity contribution in [3.63, 3.8) is 0 Å². The maximum atomic E-state index is 12.3. The van der Waals surface area contributed by atoms with Gasteiger partial charge in [0.25, 0.3) is 5.91 Å². The molecule has 0 bridgehead atoms. The number of carbonyl (C=O) groups is 3. The second-order valence-corrected chi connectivity index (χ2v) is 6.83. The van der Waals surface area contributed by atoms with Gasteiger partial charge in [0.2, 0.25) is 0 Å². The fraction of sp³-hybridized carbons (Fsp3) is 0.318. The SMILES string of the molecule is CC[C@H](C)NC(=O)COC(=O)c1ccc2c(c1)C[C@H](c1ccccc1)OC2=O. The monoisotopic (exact) mass is 381 g/mol. The van der Waals surface area contributed by atoms with Crippen LogP contribution in [0.1, 0.15) is 58.2 Å². The molecule has 0 saturated carbocycles. The van der Waals surface area contributed by atoms with Crippen LogP contribution >= 0.6 is 0 Å². The lowest BCUT2D eigenvalue weighted by Gasteiger charge is -2.25. The van der Waals surface area contributed by atoms with E-state index in [-0.39, 0.29) is 18.6 Å². The average Bonchev–Trinajstić information content (AvgIpc) is 2.72. The van der Waals surface area contributed by atoms with E-state index in [0.29, 0.717) is 17.5 Å². The average molecular weight is 381 g/mol. The molecule has 28 heavy (non-hydrogen) atoms. The van der Waals surface area contributed by atoms with E-state index in [1.165, 1.54) is 6.07 Å². The molecule has 2 atom stereocenters. The number of nitrogens with one attached hydrogen (secondary N) is 1. The zero-order valence-corrected chi connectivity index (χ0v) is 15.9. The summed E-state index contributed by atoms with van der Waals surface area (Å²) in [5.41, 5.74) is 2.37. The largest absolute Gasteiger partial charge is 0.454 e. The van der Waals surface area contributed by atoms with Crippen molar-refractivity contribution >= 4 is 17.8 Å². The number of amides is 1. The van der Waals surface area contributed by atoms with Gasteiger partial charge in [-0.1, -0.05) is 37.3 Å². The van der Waals surface area contributed by atoms with Crippen LogP contribution in [0.5, 0.6) is 0 Å². The lowest BCUT2D eigenvalue weighted by atomic mass is 9.93. The Bertz CT molecular complexity index is 878. The molecular formula is C22H23NO5. The van der Waals surface area contributed by atoms with Crippen LogP contribution in [0.25, 0.3) is 0 Å². The van der Waals surface area contributed by atoms with Gasteiger partial charge in [0.15, 0.2) is 6.61 Å². The van der Waals surface area contributed by atoms with Crippen molar-refractivity contribution in [3.8, 4) is 0 Å². The van der Waals surface area contributed by atoms with Gasteiger partial charge in [-0.2, -0.15) is 0 Å². The number of benzene rings is 2. The molecule has 0 fully saturated rings. The van der Waals surface area contributed by atoms with Gasteiger partial charge < -0.3 is 14.8 Å². The van der Waals surface area contributed by atoms with E-state index in [4.69, 9.17) is 9.47 Å². The van der Waals surface area contributed by atoms with E-state index >= 15 is 0 Å². The lowest BCUT2D eigenvalue weighted by molar-refractivity contribution is -0.124. The van der Waals surface area contributed by atoms with Crippen LogP contribution in [-0.4, -0.2) is 30.5 Å². The third kappa shape index (κ3) is 4.57. The van der Waals surface area contributed by atoms with Crippen LogP contribution < -0.4 is 5.32 Å². The minimum Gasteiger partial charge on any atom is -0.454 e. The van der Waals surface area contributed by atoms with Crippen LogP contribution in [0.15, 0.2) is 48.5 Å². The molecule has 1 N–H and O–H groups in total. The molecule has 1 aliphatic heterocycles. The molecule has 3 rings (SSSR count). The molecule has 2 aromatic carbocycles. The first-order chi connectivity index (χ1) is 13.5. The maximum absolute atomic E-state index is 12.3. The smallest absolute Gasteiger partial charge is 0.339 e. The van der Waals surface area contributed by atoms with E-state index in [9.17, 15) is 14.4 Å². The second kappa shape index (κ2) is 8.69. The van der Waals surface area contributed by atoms with Crippen molar-refractivity contribution in [1.29, 1.82) is 0 Å². The number of cyclic esters (lactones) is 1. The molecule has 0 spiro atoms. The first-order valence-electron chi connectivity index (χ1n) is 9.33. The van der Waals surface area contributed by atoms with Crippen LogP contribution in [0.3, 0.4) is 0 Å². The van der Waals surface area contributed by atoms with E-state index in [1.807, 2.05) is 44.2 Å². The van der Waals surface area contributed by atoms with Gasteiger partial charge >= 0.3 is 11.9 Å². The molecular weight excluding hydrogens is 358 g/mol. The molecule has 6 nitrogen and oxygen atoms in total. The fourth-order valence-corrected chi connectivity index (χ4v) is 3.01. The fourth-order valence-electron chi connectivity index (χ4n) is 3.01. The highest BCUT2D eigenvalue weighted by molar-refractivity contribution is 5.96. The van der Waals surface area contributed by atoms with Gasteiger partial charge in [-0.15, -0.1) is 0 Å². The van der Waals surface area contributed by atoms with Crippen LogP contribution in [0, 0.1) is 0 Å². The van der Waals surface area contributed by atoms with Crippen molar-refractivity contribution in [2.24, 2.45) is 0 Å². The standard InChI is InChI=1S/C22H23NO5/c1-3-14(2)23-20(24)13-27-21(25)16-9-10-18-17(11-16)12-19(28-22(18)26)15-7-5-4-6-8-15/h4-11,14,19H,3,12-13H2,1-2H3,(H,23,24)/t14-,19+/m0/s1. The number of carbonyl (C=O) groups excluding carboxylic acids is 3. The summed E-state index contributed by atoms with van der Waals surface area (Å²) < 4.78 is 10.6. The van der Waals surface area contributed by atoms with E-state index in [0.717, 1.165) is 17.5 Å². The molecule has 0 unspecified atom stereocenters. The number of fused-ring (bicyclic) bond motifs is 1. The van der Waals surface area contributed by atoms with Gasteiger partial charge in [-0.05, 0) is 42.7 Å². The Kier molecular flexibility index (Phi) is 6.09. The van der Waals surface area contributed by atoms with Crippen molar-refractivity contribution in [1.82, 2.24) is 5.32 Å². The third-order valence-electron chi connectivity index (χ3n) is 4.74. The summed E-state index contributed by atoms with van der Waals surface area (Å²) in [6, 6.07) is 14.2. The molecule has 2 aromatic rings. The summed E-state index contributed by atoms with van der Waals surface area (Å²) in [5.74, 6) is -1.35. The number of rotatable bonds is 6. The molecule has 0 aromatic heterocycles. The molecule has 146 valence electrons. The summed E-state index contributed by atoms with van der Waals surface area (Å²) in [5, 5.41) is 2.74. The molecule has 1 amide bonds. The normalized spacial score (nSPS) is 16.5. The minimum absolute atomic E-state index is 0.0240. The highest BCUT2D eigenvalue weighted by Crippen LogP contribution is 2.31. The van der Waals surface area contributed by atoms with E-state index < -0.39 is 18.0 Å². The van der Waals surface area contributed by atoms with Gasteiger partial charge in [-0.25, -0.2) is 9.59 Å². The Balaban J connectivity index is 1.69. The Hall–Kier alpha value is -3.15. The number of hydrogen-bond acceptors (Lipinski definition) is 5. The van der Waals surface area contributed by atoms with Crippen molar-refractivity contribution in [3.05, 3.63) is 70.8 Å². The van der Waals surface area contributed by atoms with Gasteiger partial charge in [0.05, 0.1) is 11.1 Å². The first kappa shape index (κ1) is 19.6. The summed E-state index contributed by atoms with van der Waals surface area (Å²) in [4.78, 5) is 36.4. The second-order valence-electron chi connectivity index (χ2n) is 6.83. The van der Waals surface area contributed by atoms with Crippen molar-refractivity contribution in [2.75, 3.05) is 6.61 Å². The zero-order valence-electron chi connectivity index (χ0n) is 15.9. The van der Waals surface area contributed by atoms with Crippen LogP contribution in [-0.2, 0) is 20.7 Å². The molecule has 1 heterocycles. The summed E-state index contributed by atoms with van der Waals surface area (Å²) >= 11 is 0. The minimum atomic E-state index is -0.600. The zero-order chi connectivity index (χ0) is 20.1. The molecule has 6 heteroatoms. The number of hydrogen-bond donors (Lipinski definition) is 1. The Labute approximate surface area is 163 Å². The number of ether oxygens (including phenoxy) is 2. The predicted molar refractivity (Wildman–Crippen MR) is 103 cm³/mol. The summed E-state index contributed by atoms with van der Waals surface area (Å²) in [6.45, 7) is 3.50.